The van der Waals surface area contributed by atoms with Crippen molar-refractivity contribution in [1.29, 1.82) is 0 Å². The van der Waals surface area contributed by atoms with E-state index in [1.165, 1.54) is 10.9 Å². The molecule has 19 nitrogen and oxygen atoms in total. The summed E-state index contributed by atoms with van der Waals surface area (Å²) in [5, 5.41) is 20.8. The summed E-state index contributed by atoms with van der Waals surface area (Å²) >= 11 is 1.73. The fourth-order valence-corrected chi connectivity index (χ4v) is 11.7. The summed E-state index contributed by atoms with van der Waals surface area (Å²) in [6.07, 6.45) is 6.73. The lowest BCUT2D eigenvalue weighted by Crippen LogP contribution is -2.48. The first-order valence-corrected chi connectivity index (χ1v) is 25.5. The Balaban J connectivity index is 0.655. The zero-order valence-electron chi connectivity index (χ0n) is 40.2. The Morgan fingerprint density at radius 1 is 0.761 bits per heavy atom. The van der Waals surface area contributed by atoms with Crippen LogP contribution in [0.1, 0.15) is 86.4 Å². The monoisotopic (exact) mass is 981 g/mol. The van der Waals surface area contributed by atoms with Gasteiger partial charge in [-0.1, -0.05) is 32.0 Å². The average molecular weight is 982 g/mol. The van der Waals surface area contributed by atoms with E-state index in [1.807, 2.05) is 34.4 Å². The van der Waals surface area contributed by atoms with E-state index in [0.29, 0.717) is 81.7 Å². The third kappa shape index (κ3) is 9.60. The number of anilines is 2. The fourth-order valence-electron chi connectivity index (χ4n) is 10.6. The van der Waals surface area contributed by atoms with Crippen LogP contribution in [0.15, 0.2) is 55.0 Å². The normalized spacial score (nSPS) is 18.1. The van der Waals surface area contributed by atoms with Gasteiger partial charge in [-0.05, 0) is 66.2 Å². The van der Waals surface area contributed by atoms with Gasteiger partial charge in [-0.3, -0.25) is 24.2 Å². The third-order valence-electron chi connectivity index (χ3n) is 14.6. The molecule has 4 aromatic heterocycles. The second-order valence-electron chi connectivity index (χ2n) is 19.7. The number of piperazine rings is 1. The van der Waals surface area contributed by atoms with Crippen LogP contribution in [-0.2, 0) is 48.8 Å². The number of ether oxygens (including phenoxy) is 1. The summed E-state index contributed by atoms with van der Waals surface area (Å²) in [5.41, 5.74) is 11.9. The van der Waals surface area contributed by atoms with Gasteiger partial charge in [-0.15, -0.1) is 11.3 Å². The Hall–Kier alpha value is -6.74. The zero-order valence-corrected chi connectivity index (χ0v) is 41.0. The molecule has 0 unspecified atom stereocenters. The molecule has 0 radical (unpaired) electrons. The molecule has 2 aromatic carbocycles. The molecular formula is C51H59N13O6S. The molecule has 3 fully saturated rings. The highest BCUT2D eigenvalue weighted by Crippen LogP contribution is 2.37. The number of imidazole rings is 1. The number of nitrogens with zero attached hydrogens (tertiary/aromatic N) is 12. The Labute approximate surface area is 415 Å². The van der Waals surface area contributed by atoms with Crippen molar-refractivity contribution in [3.8, 4) is 22.9 Å². The predicted molar refractivity (Wildman–Crippen MR) is 267 cm³/mol. The van der Waals surface area contributed by atoms with Gasteiger partial charge in [0, 0.05) is 114 Å². The molecule has 3 saturated heterocycles. The molecule has 0 aliphatic carbocycles. The van der Waals surface area contributed by atoms with Crippen LogP contribution >= 0.6 is 11.3 Å². The summed E-state index contributed by atoms with van der Waals surface area (Å²) in [7, 11) is 0. The molecule has 3 amide bonds. The number of fused-ring (bicyclic) bond motifs is 3. The van der Waals surface area contributed by atoms with Gasteiger partial charge < -0.3 is 44.9 Å². The molecule has 370 valence electrons. The van der Waals surface area contributed by atoms with Gasteiger partial charge in [-0.25, -0.2) is 24.9 Å². The Kier molecular flexibility index (Phi) is 12.8. The minimum absolute atomic E-state index is 0.00163. The van der Waals surface area contributed by atoms with Gasteiger partial charge in [0.15, 0.2) is 11.6 Å². The summed E-state index contributed by atoms with van der Waals surface area (Å²) < 4.78 is 8.72. The summed E-state index contributed by atoms with van der Waals surface area (Å²) in [6.45, 7) is 14.9. The molecule has 0 spiro atoms. The molecule has 9 heterocycles. The van der Waals surface area contributed by atoms with Crippen LogP contribution in [0, 0.1) is 5.92 Å². The van der Waals surface area contributed by atoms with E-state index in [2.05, 4.69) is 48.9 Å². The van der Waals surface area contributed by atoms with Gasteiger partial charge in [0.2, 0.25) is 11.9 Å². The predicted octanol–water partition coefficient (Wildman–Crippen LogP) is 4.67. The maximum atomic E-state index is 14.0. The second kappa shape index (κ2) is 19.5. The number of morpholine rings is 1. The Bertz CT molecular complexity index is 2990. The topological polar surface area (TPSA) is 216 Å². The summed E-state index contributed by atoms with van der Waals surface area (Å²) in [5.74, 6) is 1.93. The number of phenolic OH excluding ortho intramolecular Hbond substituents is 2. The van der Waals surface area contributed by atoms with E-state index in [9.17, 15) is 24.6 Å². The number of hydrogen-bond acceptors (Lipinski definition) is 16. The number of thiophene rings is 1. The number of aromatic nitrogens is 6. The largest absolute Gasteiger partial charge is 0.508 e. The van der Waals surface area contributed by atoms with E-state index in [4.69, 9.17) is 25.4 Å². The van der Waals surface area contributed by atoms with Gasteiger partial charge in [-0.2, -0.15) is 0 Å². The quantitative estimate of drug-likeness (QED) is 0.170. The molecule has 0 atom stereocenters. The van der Waals surface area contributed by atoms with E-state index < -0.39 is 0 Å². The van der Waals surface area contributed by atoms with Crippen molar-refractivity contribution < 1.29 is 29.3 Å². The number of rotatable bonds is 10. The molecule has 5 aliphatic rings. The number of carbonyl (C=O) groups excluding carboxylic acids is 3. The van der Waals surface area contributed by atoms with Gasteiger partial charge in [0.1, 0.15) is 23.0 Å². The molecule has 11 rings (SSSR count). The van der Waals surface area contributed by atoms with Crippen LogP contribution in [0.2, 0.25) is 0 Å². The number of nitrogens with two attached hydrogens (primary N) is 1. The van der Waals surface area contributed by atoms with E-state index >= 15 is 0 Å². The lowest BCUT2D eigenvalue weighted by Gasteiger charge is -2.35. The first-order valence-electron chi connectivity index (χ1n) is 24.7. The minimum Gasteiger partial charge on any atom is -0.508 e. The number of aromatic hydroxyl groups is 2. The van der Waals surface area contributed by atoms with Crippen molar-refractivity contribution in [2.24, 2.45) is 5.92 Å². The smallest absolute Gasteiger partial charge is 0.274 e. The number of piperidine rings is 1. The number of nitrogen functional groups attached to an aromatic ring is 1. The Morgan fingerprint density at radius 2 is 1.49 bits per heavy atom. The fraction of sp³-hybridized carbons (Fsp3) is 0.451. The number of hydrogen-bond donors (Lipinski definition) is 3. The summed E-state index contributed by atoms with van der Waals surface area (Å²) in [6, 6.07) is 11.4. The van der Waals surface area contributed by atoms with Gasteiger partial charge in [0.25, 0.3) is 11.8 Å². The first-order chi connectivity index (χ1) is 34.4. The maximum Gasteiger partial charge on any atom is 0.274 e. The van der Waals surface area contributed by atoms with E-state index in [0.717, 1.165) is 104 Å². The molecule has 71 heavy (non-hydrogen) atoms. The van der Waals surface area contributed by atoms with Crippen LogP contribution in [0.25, 0.3) is 21.6 Å². The highest BCUT2D eigenvalue weighted by atomic mass is 32.1. The average Bonchev–Trinajstić information content (AvgIpc) is 4.13. The molecular weight excluding hydrogens is 923 g/mol. The highest BCUT2D eigenvalue weighted by molar-refractivity contribution is 7.19. The van der Waals surface area contributed by atoms with Crippen molar-refractivity contribution in [2.45, 2.75) is 71.9 Å². The molecule has 6 aromatic rings. The molecule has 20 heteroatoms. The van der Waals surface area contributed by atoms with Crippen molar-refractivity contribution >= 4 is 51.0 Å². The maximum absolute atomic E-state index is 14.0. The second-order valence-corrected chi connectivity index (χ2v) is 20.8. The van der Waals surface area contributed by atoms with Crippen LogP contribution in [-0.4, -0.2) is 154 Å². The zero-order chi connectivity index (χ0) is 48.9. The molecule has 4 N–H and O–H groups in total. The van der Waals surface area contributed by atoms with Crippen molar-refractivity contribution in [3.63, 3.8) is 0 Å². The summed E-state index contributed by atoms with van der Waals surface area (Å²) in [4.78, 5) is 78.1. The number of likely N-dealkylation sites (tertiary alicyclic amines) is 1. The van der Waals surface area contributed by atoms with Crippen molar-refractivity contribution in [3.05, 3.63) is 99.2 Å². The molecule has 0 bridgehead atoms. The lowest BCUT2D eigenvalue weighted by molar-refractivity contribution is -0.138. The van der Waals surface area contributed by atoms with Crippen LogP contribution < -0.4 is 10.6 Å². The SMILES string of the molecule is CC(C)c1cc(C(=O)N2Cc3ccc(CN4CCN(C(=O)c5cn6c(n5)CN(C(=O)C5CCN(Cc7cc8nc(-c9cnc(N)nc9)nc(N9CCOCC9)c8s7)CC5)CC6)CC4)cc3C2)c(O)cc1O. The number of phenols is 2. The van der Waals surface area contributed by atoms with Crippen LogP contribution in [0.3, 0.4) is 0 Å². The first kappa shape index (κ1) is 46.6. The van der Waals surface area contributed by atoms with Crippen molar-refractivity contribution in [2.75, 3.05) is 82.8 Å². The molecule has 0 saturated carbocycles. The number of benzene rings is 2. The van der Waals surface area contributed by atoms with E-state index in [-0.39, 0.29) is 52.6 Å². The molecule has 5 aliphatic heterocycles. The van der Waals surface area contributed by atoms with Crippen molar-refractivity contribution in [1.82, 2.24) is 54.0 Å². The number of amides is 3. The Morgan fingerprint density at radius 3 is 2.25 bits per heavy atom. The highest BCUT2D eigenvalue weighted by Gasteiger charge is 2.34. The standard InChI is InChI=1S/C51H59N13O6S/c1-31(2)38-21-39(43(66)22-42(38)65)49(68)64-26-34-4-3-32(19-35(34)27-64)25-59-9-11-61(12-10-59)50(69)41-29-62-13-14-63(30-44(62)55-41)48(67)33-5-7-58(8-6-33)28-37-20-40-45(71-37)47(60-15-17-70-18-16-60)57-46(56-40)36-23-53-51(52)54-24-36/h3-4,19-24,29,31,33,65-66H,5-18,25-28,30H2,1-2H3,(H2,52,53,54). The minimum atomic E-state index is -0.265. The van der Waals surface area contributed by atoms with Gasteiger partial charge in [0.05, 0.1) is 41.1 Å². The lowest BCUT2D eigenvalue weighted by atomic mass is 9.95. The van der Waals surface area contributed by atoms with Crippen LogP contribution in [0.4, 0.5) is 11.8 Å². The number of carbonyl (C=O) groups is 3. The van der Waals surface area contributed by atoms with Gasteiger partial charge >= 0.3 is 0 Å². The van der Waals surface area contributed by atoms with Crippen LogP contribution in [0.5, 0.6) is 11.5 Å². The third-order valence-corrected chi connectivity index (χ3v) is 15.7. The van der Waals surface area contributed by atoms with E-state index in [1.54, 1.807) is 34.7 Å².